The average molecular weight is 349 g/mol. The first-order valence-corrected chi connectivity index (χ1v) is 8.45. The van der Waals surface area contributed by atoms with Crippen LogP contribution in [0.4, 0.5) is 0 Å². The Balaban J connectivity index is 1.64. The van der Waals surface area contributed by atoms with Crippen LogP contribution >= 0.6 is 11.6 Å². The van der Waals surface area contributed by atoms with Crippen LogP contribution in [0.1, 0.15) is 30.2 Å². The average Bonchev–Trinajstić information content (AvgIpc) is 3.03. The Bertz CT molecular complexity index is 718. The van der Waals surface area contributed by atoms with Gasteiger partial charge < -0.3 is 9.64 Å². The molecule has 0 spiro atoms. The van der Waals surface area contributed by atoms with E-state index in [1.807, 2.05) is 43.0 Å². The number of hydrogen-bond acceptors (Lipinski definition) is 4. The van der Waals surface area contributed by atoms with Crippen molar-refractivity contribution in [3.05, 3.63) is 46.5 Å². The van der Waals surface area contributed by atoms with Crippen LogP contribution in [-0.2, 0) is 16.0 Å². The Morgan fingerprint density at radius 1 is 1.50 bits per heavy atom. The predicted octanol–water partition coefficient (Wildman–Crippen LogP) is 2.55. The van der Waals surface area contributed by atoms with E-state index < -0.39 is 0 Å². The third-order valence-corrected chi connectivity index (χ3v) is 4.55. The molecule has 128 valence electrons. The number of nitrogens with one attached hydrogen (secondary N) is 1. The van der Waals surface area contributed by atoms with Crippen molar-refractivity contribution in [2.45, 2.75) is 26.4 Å². The third-order valence-electron chi connectivity index (χ3n) is 4.19. The molecule has 1 aromatic carbocycles. The molecule has 1 aliphatic heterocycles. The Hall–Kier alpha value is -1.92. The summed E-state index contributed by atoms with van der Waals surface area (Å²) in [6.07, 6.45) is 0.348. The van der Waals surface area contributed by atoms with Crippen molar-refractivity contribution in [1.82, 2.24) is 20.1 Å². The highest BCUT2D eigenvalue weighted by molar-refractivity contribution is 6.31. The summed E-state index contributed by atoms with van der Waals surface area (Å²) >= 11 is 6.20. The van der Waals surface area contributed by atoms with Crippen LogP contribution in [0.5, 0.6) is 0 Å². The number of aromatic amines is 1. The number of H-pyrrole nitrogens is 1. The Kier molecular flexibility index (Phi) is 5.16. The lowest BCUT2D eigenvalue weighted by atomic mass is 9.99. The lowest BCUT2D eigenvalue weighted by Gasteiger charge is -2.33. The molecule has 3 rings (SSSR count). The molecule has 2 unspecified atom stereocenters. The molecule has 1 saturated heterocycles. The highest BCUT2D eigenvalue weighted by Crippen LogP contribution is 2.23. The van der Waals surface area contributed by atoms with Gasteiger partial charge in [0.15, 0.2) is 5.82 Å². The molecule has 2 atom stereocenters. The summed E-state index contributed by atoms with van der Waals surface area (Å²) < 4.78 is 5.71. The van der Waals surface area contributed by atoms with Gasteiger partial charge in [-0.25, -0.2) is 4.98 Å². The summed E-state index contributed by atoms with van der Waals surface area (Å²) in [7, 11) is 0. The van der Waals surface area contributed by atoms with Crippen molar-refractivity contribution in [3.8, 4) is 0 Å². The summed E-state index contributed by atoms with van der Waals surface area (Å²) in [6.45, 7) is 5.33. The standard InChI is InChI=1S/C17H21ClN4O2/c1-11(9-13-5-3-4-6-14(13)18)17(23)22-7-8-24-15(10-22)16-19-12(2)20-21-16/h3-6,11,15H,7-10H2,1-2H3,(H,19,20,21). The van der Waals surface area contributed by atoms with Gasteiger partial charge in [-0.15, -0.1) is 0 Å². The zero-order valence-electron chi connectivity index (χ0n) is 13.8. The molecule has 0 radical (unpaired) electrons. The number of hydrogen-bond donors (Lipinski definition) is 1. The number of aromatic nitrogens is 3. The Morgan fingerprint density at radius 2 is 2.29 bits per heavy atom. The van der Waals surface area contributed by atoms with Gasteiger partial charge in [0.2, 0.25) is 5.91 Å². The summed E-state index contributed by atoms with van der Waals surface area (Å²) in [5.41, 5.74) is 0.995. The van der Waals surface area contributed by atoms with E-state index in [4.69, 9.17) is 16.3 Å². The molecule has 0 bridgehead atoms. The maximum Gasteiger partial charge on any atom is 0.225 e. The van der Waals surface area contributed by atoms with Crippen molar-refractivity contribution in [3.63, 3.8) is 0 Å². The van der Waals surface area contributed by atoms with Crippen molar-refractivity contribution < 1.29 is 9.53 Å². The van der Waals surface area contributed by atoms with Gasteiger partial charge in [-0.1, -0.05) is 36.7 Å². The Labute approximate surface area is 146 Å². The minimum atomic E-state index is -0.278. The number of benzene rings is 1. The number of ether oxygens (including phenoxy) is 1. The second-order valence-electron chi connectivity index (χ2n) is 6.12. The summed E-state index contributed by atoms with van der Waals surface area (Å²) in [6, 6.07) is 7.65. The van der Waals surface area contributed by atoms with Gasteiger partial charge in [-0.05, 0) is 25.0 Å². The first-order valence-electron chi connectivity index (χ1n) is 8.07. The minimum absolute atomic E-state index is 0.107. The SMILES string of the molecule is Cc1nc(C2CN(C(=O)C(C)Cc3ccccc3Cl)CCO2)n[nH]1. The van der Waals surface area contributed by atoms with Crippen molar-refractivity contribution >= 4 is 17.5 Å². The van der Waals surface area contributed by atoms with E-state index in [1.54, 1.807) is 0 Å². The number of halogens is 1. The van der Waals surface area contributed by atoms with Crippen LogP contribution in [0.3, 0.4) is 0 Å². The topological polar surface area (TPSA) is 71.1 Å². The van der Waals surface area contributed by atoms with Crippen LogP contribution in [0.25, 0.3) is 0 Å². The summed E-state index contributed by atoms with van der Waals surface area (Å²) in [4.78, 5) is 18.9. The van der Waals surface area contributed by atoms with Crippen LogP contribution in [0, 0.1) is 12.8 Å². The molecule has 1 aromatic heterocycles. The van der Waals surface area contributed by atoms with Gasteiger partial charge in [0.05, 0.1) is 13.2 Å². The van der Waals surface area contributed by atoms with Gasteiger partial charge >= 0.3 is 0 Å². The van der Waals surface area contributed by atoms with E-state index >= 15 is 0 Å². The van der Waals surface area contributed by atoms with E-state index in [2.05, 4.69) is 15.2 Å². The number of carbonyl (C=O) groups excluding carboxylic acids is 1. The van der Waals surface area contributed by atoms with Crippen LogP contribution < -0.4 is 0 Å². The number of nitrogens with zero attached hydrogens (tertiary/aromatic N) is 3. The molecule has 2 heterocycles. The number of aryl methyl sites for hydroxylation is 1. The van der Waals surface area contributed by atoms with Gasteiger partial charge in [0.25, 0.3) is 0 Å². The van der Waals surface area contributed by atoms with Crippen LogP contribution in [0.15, 0.2) is 24.3 Å². The Morgan fingerprint density at radius 3 is 3.00 bits per heavy atom. The van der Waals surface area contributed by atoms with Crippen LogP contribution in [-0.4, -0.2) is 45.7 Å². The second-order valence-corrected chi connectivity index (χ2v) is 6.53. The quantitative estimate of drug-likeness (QED) is 0.921. The molecule has 2 aromatic rings. The normalized spacial score (nSPS) is 19.3. The molecule has 24 heavy (non-hydrogen) atoms. The van der Waals surface area contributed by atoms with E-state index in [9.17, 15) is 4.79 Å². The van der Waals surface area contributed by atoms with E-state index in [0.29, 0.717) is 37.0 Å². The molecule has 1 fully saturated rings. The molecule has 1 N–H and O–H groups in total. The van der Waals surface area contributed by atoms with Gasteiger partial charge in [-0.3, -0.25) is 9.89 Å². The molecule has 0 saturated carbocycles. The van der Waals surface area contributed by atoms with E-state index in [1.165, 1.54) is 0 Å². The van der Waals surface area contributed by atoms with Crippen molar-refractivity contribution in [2.24, 2.45) is 5.92 Å². The number of amides is 1. The third kappa shape index (κ3) is 3.76. The molecule has 1 amide bonds. The molecule has 0 aliphatic carbocycles. The van der Waals surface area contributed by atoms with E-state index in [-0.39, 0.29) is 17.9 Å². The maximum absolute atomic E-state index is 12.8. The van der Waals surface area contributed by atoms with Crippen molar-refractivity contribution in [2.75, 3.05) is 19.7 Å². The van der Waals surface area contributed by atoms with Crippen molar-refractivity contribution in [1.29, 1.82) is 0 Å². The lowest BCUT2D eigenvalue weighted by molar-refractivity contribution is -0.143. The first-order chi connectivity index (χ1) is 11.5. The number of morpholine rings is 1. The smallest absolute Gasteiger partial charge is 0.225 e. The molecule has 6 nitrogen and oxygen atoms in total. The monoisotopic (exact) mass is 348 g/mol. The molecule has 1 aliphatic rings. The van der Waals surface area contributed by atoms with Gasteiger partial charge in [0, 0.05) is 17.5 Å². The maximum atomic E-state index is 12.8. The van der Waals surface area contributed by atoms with Crippen LogP contribution in [0.2, 0.25) is 5.02 Å². The molecular weight excluding hydrogens is 328 g/mol. The largest absolute Gasteiger partial charge is 0.366 e. The molecular formula is C17H21ClN4O2. The zero-order chi connectivity index (χ0) is 17.1. The molecule has 7 heteroatoms. The summed E-state index contributed by atoms with van der Waals surface area (Å²) in [5.74, 6) is 1.31. The van der Waals surface area contributed by atoms with E-state index in [0.717, 1.165) is 11.4 Å². The highest BCUT2D eigenvalue weighted by Gasteiger charge is 2.30. The second kappa shape index (κ2) is 7.32. The highest BCUT2D eigenvalue weighted by atomic mass is 35.5. The number of rotatable bonds is 4. The lowest BCUT2D eigenvalue weighted by Crippen LogP contribution is -2.45. The fourth-order valence-corrected chi connectivity index (χ4v) is 3.12. The van der Waals surface area contributed by atoms with Gasteiger partial charge in [-0.2, -0.15) is 5.10 Å². The minimum Gasteiger partial charge on any atom is -0.366 e. The zero-order valence-corrected chi connectivity index (χ0v) is 14.6. The summed E-state index contributed by atoms with van der Waals surface area (Å²) in [5, 5.41) is 7.66. The first kappa shape index (κ1) is 16.9. The predicted molar refractivity (Wildman–Crippen MR) is 90.7 cm³/mol. The number of carbonyl (C=O) groups is 1. The fraction of sp³-hybridized carbons (Fsp3) is 0.471. The fourth-order valence-electron chi connectivity index (χ4n) is 2.90. The van der Waals surface area contributed by atoms with Gasteiger partial charge in [0.1, 0.15) is 11.9 Å².